The van der Waals surface area contributed by atoms with Gasteiger partial charge in [0, 0.05) is 50.4 Å². The van der Waals surface area contributed by atoms with Crippen LogP contribution in [0.25, 0.3) is 12.2 Å². The summed E-state index contributed by atoms with van der Waals surface area (Å²) >= 11 is 2.45. The molecule has 5 rings (SSSR count). The van der Waals surface area contributed by atoms with Crippen LogP contribution in [0.15, 0.2) is 68.3 Å². The quantitative estimate of drug-likeness (QED) is 0.312. The maximum atomic E-state index is 12.5. The third kappa shape index (κ3) is 5.50. The number of hydrogen-bond donors (Lipinski definition) is 0. The lowest BCUT2D eigenvalue weighted by molar-refractivity contribution is -0.385. The first-order valence-electron chi connectivity index (χ1n) is 11.3. The summed E-state index contributed by atoms with van der Waals surface area (Å²) in [7, 11) is 0. The Balaban J connectivity index is 1.19. The first-order valence-corrected chi connectivity index (χ1v) is 12.9. The molecular weight excluding hydrogens is 532 g/mol. The molecular formula is C24H18N6O6S2. The lowest BCUT2D eigenvalue weighted by Gasteiger charge is -2.35. The lowest BCUT2D eigenvalue weighted by Crippen LogP contribution is -2.49. The molecule has 0 N–H and O–H groups in total. The third-order valence-electron chi connectivity index (χ3n) is 5.80. The largest absolute Gasteiger partial charge is 0.347 e. The molecule has 2 amide bonds. The number of carbonyl (C=O) groups is 2. The van der Waals surface area contributed by atoms with Gasteiger partial charge in [0.1, 0.15) is 0 Å². The number of carbonyl (C=O) groups excluding carboxylic acids is 2. The van der Waals surface area contributed by atoms with E-state index in [0.717, 1.165) is 0 Å². The van der Waals surface area contributed by atoms with E-state index in [4.69, 9.17) is 0 Å². The number of thioether (sulfide) groups is 2. The van der Waals surface area contributed by atoms with Crippen molar-refractivity contribution in [3.63, 3.8) is 0 Å². The van der Waals surface area contributed by atoms with Gasteiger partial charge in [0.15, 0.2) is 10.3 Å². The molecule has 38 heavy (non-hydrogen) atoms. The fourth-order valence-electron chi connectivity index (χ4n) is 3.91. The van der Waals surface area contributed by atoms with Gasteiger partial charge in [-0.1, -0.05) is 24.3 Å². The first kappa shape index (κ1) is 25.4. The van der Waals surface area contributed by atoms with E-state index in [9.17, 15) is 29.8 Å². The van der Waals surface area contributed by atoms with Crippen molar-refractivity contribution in [3.05, 3.63) is 89.7 Å². The summed E-state index contributed by atoms with van der Waals surface area (Å²) in [5.74, 6) is -0.785. The highest BCUT2D eigenvalue weighted by Crippen LogP contribution is 2.33. The molecule has 0 unspecified atom stereocenters. The molecule has 1 fully saturated rings. The molecule has 2 aromatic rings. The van der Waals surface area contributed by atoms with Gasteiger partial charge in [-0.25, -0.2) is 0 Å². The van der Waals surface area contributed by atoms with Crippen LogP contribution in [0.2, 0.25) is 0 Å². The Bertz CT molecular complexity index is 1380. The predicted molar refractivity (Wildman–Crippen MR) is 145 cm³/mol. The van der Waals surface area contributed by atoms with Gasteiger partial charge < -0.3 is 9.80 Å². The van der Waals surface area contributed by atoms with Gasteiger partial charge in [-0.2, -0.15) is 9.98 Å². The molecule has 0 aromatic heterocycles. The van der Waals surface area contributed by atoms with Gasteiger partial charge in [0.2, 0.25) is 0 Å². The van der Waals surface area contributed by atoms with E-state index in [-0.39, 0.29) is 11.4 Å². The molecule has 0 spiro atoms. The van der Waals surface area contributed by atoms with Crippen LogP contribution in [0, 0.1) is 20.2 Å². The van der Waals surface area contributed by atoms with E-state index in [2.05, 4.69) is 9.98 Å². The maximum absolute atomic E-state index is 12.5. The van der Waals surface area contributed by atoms with Crippen molar-refractivity contribution in [2.75, 3.05) is 26.2 Å². The van der Waals surface area contributed by atoms with Crippen LogP contribution in [-0.2, 0) is 9.59 Å². The van der Waals surface area contributed by atoms with Gasteiger partial charge in [-0.3, -0.25) is 29.8 Å². The average molecular weight is 551 g/mol. The van der Waals surface area contributed by atoms with Crippen molar-refractivity contribution in [2.45, 2.75) is 0 Å². The van der Waals surface area contributed by atoms with E-state index in [1.165, 1.54) is 47.8 Å². The van der Waals surface area contributed by atoms with E-state index in [1.54, 1.807) is 36.4 Å². The van der Waals surface area contributed by atoms with Crippen molar-refractivity contribution in [2.24, 2.45) is 9.98 Å². The Morgan fingerprint density at radius 2 is 1.11 bits per heavy atom. The number of hydrogen-bond acceptors (Lipinski definition) is 10. The Morgan fingerprint density at radius 1 is 0.711 bits per heavy atom. The summed E-state index contributed by atoms with van der Waals surface area (Å²) in [6.45, 7) is 2.23. The van der Waals surface area contributed by atoms with Crippen LogP contribution in [0.4, 0.5) is 11.4 Å². The van der Waals surface area contributed by atoms with E-state index in [1.807, 2.05) is 9.80 Å². The Kier molecular flexibility index (Phi) is 7.07. The monoisotopic (exact) mass is 550 g/mol. The van der Waals surface area contributed by atoms with E-state index in [0.29, 0.717) is 57.5 Å². The van der Waals surface area contributed by atoms with Gasteiger partial charge in [0.25, 0.3) is 23.2 Å². The first-order chi connectivity index (χ1) is 18.3. The minimum absolute atomic E-state index is 0.0543. The van der Waals surface area contributed by atoms with Crippen LogP contribution in [0.5, 0.6) is 0 Å². The summed E-state index contributed by atoms with van der Waals surface area (Å²) in [6, 6.07) is 12.1. The molecule has 3 aliphatic heterocycles. The maximum Gasteiger partial charge on any atom is 0.286 e. The molecule has 2 aromatic carbocycles. The summed E-state index contributed by atoms with van der Waals surface area (Å²) in [6.07, 6.45) is 3.19. The number of nitro groups is 2. The van der Waals surface area contributed by atoms with Crippen LogP contribution in [-0.4, -0.2) is 68.0 Å². The lowest BCUT2D eigenvalue weighted by atomic mass is 10.2. The average Bonchev–Trinajstić information content (AvgIpc) is 3.46. The summed E-state index contributed by atoms with van der Waals surface area (Å²) in [5.41, 5.74) is 0.986. The molecule has 192 valence electrons. The molecule has 0 aliphatic carbocycles. The SMILES string of the molecule is O=C1N=C(N2CCN(C3=NC(=O)C(=Cc4cccc([N+](=O)[O-])c4)S3)CC2)SC1=Cc1cccc([N+](=O)[O-])c1. The number of rotatable bonds is 4. The fraction of sp³-hybridized carbons (Fsp3) is 0.167. The van der Waals surface area contributed by atoms with Crippen LogP contribution in [0.1, 0.15) is 11.1 Å². The zero-order chi connectivity index (χ0) is 26.8. The summed E-state index contributed by atoms with van der Waals surface area (Å²) in [4.78, 5) is 59.0. The molecule has 3 aliphatic rings. The smallest absolute Gasteiger partial charge is 0.286 e. The van der Waals surface area contributed by atoms with Gasteiger partial charge in [-0.05, 0) is 46.8 Å². The number of non-ortho nitro benzene ring substituents is 2. The molecule has 0 saturated carbocycles. The van der Waals surface area contributed by atoms with Gasteiger partial charge in [-0.15, -0.1) is 0 Å². The van der Waals surface area contributed by atoms with Crippen molar-refractivity contribution >= 4 is 69.2 Å². The van der Waals surface area contributed by atoms with Gasteiger partial charge >= 0.3 is 0 Å². The number of amides is 2. The van der Waals surface area contributed by atoms with E-state index < -0.39 is 21.7 Å². The topological polar surface area (TPSA) is 152 Å². The van der Waals surface area contributed by atoms with Crippen LogP contribution < -0.4 is 0 Å². The minimum Gasteiger partial charge on any atom is -0.347 e. The molecule has 12 nitrogen and oxygen atoms in total. The highest BCUT2D eigenvalue weighted by atomic mass is 32.2. The van der Waals surface area contributed by atoms with Crippen LogP contribution in [0.3, 0.4) is 0 Å². The number of nitrogens with zero attached hydrogens (tertiary/aromatic N) is 6. The molecule has 0 atom stereocenters. The van der Waals surface area contributed by atoms with Crippen molar-refractivity contribution in [1.29, 1.82) is 0 Å². The molecule has 0 radical (unpaired) electrons. The molecule has 14 heteroatoms. The van der Waals surface area contributed by atoms with Crippen molar-refractivity contribution in [1.82, 2.24) is 9.80 Å². The number of aliphatic imine (C=N–C) groups is 2. The third-order valence-corrected chi connectivity index (χ3v) is 7.89. The highest BCUT2D eigenvalue weighted by molar-refractivity contribution is 8.18. The summed E-state index contributed by atoms with van der Waals surface area (Å²) < 4.78 is 0. The van der Waals surface area contributed by atoms with Crippen LogP contribution >= 0.6 is 23.5 Å². The number of piperazine rings is 1. The Labute approximate surface area is 224 Å². The number of amidine groups is 2. The normalized spacial score (nSPS) is 19.8. The predicted octanol–water partition coefficient (Wildman–Crippen LogP) is 3.76. The van der Waals surface area contributed by atoms with Gasteiger partial charge in [0.05, 0.1) is 19.7 Å². The Hall–Kier alpha value is -4.30. The molecule has 3 heterocycles. The van der Waals surface area contributed by atoms with Crippen molar-refractivity contribution in [3.8, 4) is 0 Å². The second kappa shape index (κ2) is 10.6. The molecule has 1 saturated heterocycles. The standard InChI is InChI=1S/C24H18N6O6S2/c31-21-19(13-15-3-1-5-17(11-15)29(33)34)37-23(25-21)27-7-9-28(10-8-27)24-26-22(32)20(38-24)14-16-4-2-6-18(12-16)30(35)36/h1-6,11-14H,7-10H2. The second-order valence-corrected chi connectivity index (χ2v) is 10.3. The Morgan fingerprint density at radius 3 is 1.47 bits per heavy atom. The summed E-state index contributed by atoms with van der Waals surface area (Å²) in [5, 5.41) is 23.2. The highest BCUT2D eigenvalue weighted by Gasteiger charge is 2.32. The zero-order valence-corrected chi connectivity index (χ0v) is 21.2. The van der Waals surface area contributed by atoms with Crippen molar-refractivity contribution < 1.29 is 19.4 Å². The fourth-order valence-corrected chi connectivity index (χ4v) is 5.84. The number of nitro benzene ring substituents is 2. The number of benzene rings is 2. The minimum atomic E-state index is -0.486. The second-order valence-electron chi connectivity index (χ2n) is 8.30. The van der Waals surface area contributed by atoms with E-state index >= 15 is 0 Å². The zero-order valence-electron chi connectivity index (χ0n) is 19.6. The molecule has 0 bridgehead atoms.